The summed E-state index contributed by atoms with van der Waals surface area (Å²) in [6.07, 6.45) is -0.651. The third kappa shape index (κ3) is 10.3. The SMILES string of the molecule is Cc1ccccc1OCC(O)CNCCNC(=O)NCCNC(=O)Nc1ccccc1. The van der Waals surface area contributed by atoms with Gasteiger partial charge in [-0.3, -0.25) is 0 Å². The molecule has 1 atom stereocenters. The van der Waals surface area contributed by atoms with E-state index in [1.807, 2.05) is 49.4 Å². The summed E-state index contributed by atoms with van der Waals surface area (Å²) in [6.45, 7) is 4.01. The first-order chi connectivity index (χ1) is 15.0. The first-order valence-corrected chi connectivity index (χ1v) is 10.2. The highest BCUT2D eigenvalue weighted by molar-refractivity contribution is 5.89. The number of rotatable bonds is 12. The first kappa shape index (κ1) is 24.0. The molecule has 2 aromatic carbocycles. The highest BCUT2D eigenvalue weighted by Gasteiger charge is 2.06. The van der Waals surface area contributed by atoms with Crippen molar-refractivity contribution in [3.63, 3.8) is 0 Å². The lowest BCUT2D eigenvalue weighted by molar-refractivity contribution is 0.106. The first-order valence-electron chi connectivity index (χ1n) is 10.2. The minimum Gasteiger partial charge on any atom is -0.491 e. The number of aryl methyl sites for hydroxylation is 1. The lowest BCUT2D eigenvalue weighted by Crippen LogP contribution is -2.43. The molecule has 6 N–H and O–H groups in total. The van der Waals surface area contributed by atoms with E-state index in [2.05, 4.69) is 26.6 Å². The van der Waals surface area contributed by atoms with E-state index in [1.54, 1.807) is 12.1 Å². The van der Waals surface area contributed by atoms with Gasteiger partial charge in [-0.2, -0.15) is 0 Å². The van der Waals surface area contributed by atoms with Crippen LogP contribution in [0, 0.1) is 6.92 Å². The lowest BCUT2D eigenvalue weighted by Gasteiger charge is -2.14. The Balaban J connectivity index is 1.44. The molecule has 2 rings (SSSR count). The average Bonchev–Trinajstić information content (AvgIpc) is 2.76. The summed E-state index contributed by atoms with van der Waals surface area (Å²) < 4.78 is 5.59. The van der Waals surface area contributed by atoms with Gasteiger partial charge in [0.2, 0.25) is 0 Å². The zero-order valence-electron chi connectivity index (χ0n) is 17.7. The molecule has 0 fully saturated rings. The molecule has 0 bridgehead atoms. The van der Waals surface area contributed by atoms with Crippen LogP contribution >= 0.6 is 0 Å². The summed E-state index contributed by atoms with van der Waals surface area (Å²) in [6, 6.07) is 16.1. The van der Waals surface area contributed by atoms with E-state index in [0.717, 1.165) is 11.3 Å². The van der Waals surface area contributed by atoms with E-state index in [-0.39, 0.29) is 18.7 Å². The van der Waals surface area contributed by atoms with Gasteiger partial charge in [0.15, 0.2) is 0 Å². The van der Waals surface area contributed by atoms with Crippen molar-refractivity contribution >= 4 is 17.7 Å². The number of anilines is 1. The van der Waals surface area contributed by atoms with Crippen molar-refractivity contribution in [1.29, 1.82) is 0 Å². The van der Waals surface area contributed by atoms with Crippen LogP contribution in [-0.4, -0.2) is 62.6 Å². The van der Waals surface area contributed by atoms with Crippen LogP contribution in [0.4, 0.5) is 15.3 Å². The molecule has 9 nitrogen and oxygen atoms in total. The van der Waals surface area contributed by atoms with Crippen LogP contribution < -0.4 is 31.3 Å². The van der Waals surface area contributed by atoms with E-state index in [4.69, 9.17) is 4.74 Å². The minimum atomic E-state index is -0.651. The van der Waals surface area contributed by atoms with E-state index >= 15 is 0 Å². The molecule has 2 aromatic rings. The number of hydrogen-bond acceptors (Lipinski definition) is 5. The van der Waals surface area contributed by atoms with Crippen LogP contribution in [-0.2, 0) is 0 Å². The van der Waals surface area contributed by atoms with Gasteiger partial charge in [-0.1, -0.05) is 36.4 Å². The van der Waals surface area contributed by atoms with E-state index in [0.29, 0.717) is 38.4 Å². The zero-order chi connectivity index (χ0) is 22.3. The van der Waals surface area contributed by atoms with Crippen LogP contribution in [0.15, 0.2) is 54.6 Å². The molecule has 168 valence electrons. The van der Waals surface area contributed by atoms with Gasteiger partial charge in [0.1, 0.15) is 18.5 Å². The fourth-order valence-electron chi connectivity index (χ4n) is 2.61. The molecular formula is C22H31N5O4. The monoisotopic (exact) mass is 429 g/mol. The molecule has 0 aliphatic rings. The fourth-order valence-corrected chi connectivity index (χ4v) is 2.61. The predicted octanol–water partition coefficient (Wildman–Crippen LogP) is 1.45. The van der Waals surface area contributed by atoms with Crippen LogP contribution in [0.25, 0.3) is 0 Å². The second-order valence-electron chi connectivity index (χ2n) is 6.86. The van der Waals surface area contributed by atoms with Gasteiger partial charge in [-0.15, -0.1) is 0 Å². The Hall–Kier alpha value is -3.30. The van der Waals surface area contributed by atoms with Crippen molar-refractivity contribution in [2.45, 2.75) is 13.0 Å². The van der Waals surface area contributed by atoms with E-state index in [1.165, 1.54) is 0 Å². The van der Waals surface area contributed by atoms with Crippen molar-refractivity contribution in [3.8, 4) is 5.75 Å². The number of hydrogen-bond donors (Lipinski definition) is 6. The van der Waals surface area contributed by atoms with Gasteiger partial charge in [0.25, 0.3) is 0 Å². The number of aliphatic hydroxyl groups is 1. The summed E-state index contributed by atoms with van der Waals surface area (Å²) in [5.41, 5.74) is 1.72. The molecule has 0 heterocycles. The van der Waals surface area contributed by atoms with Crippen LogP contribution in [0.3, 0.4) is 0 Å². The molecule has 0 aliphatic heterocycles. The molecule has 0 spiro atoms. The fraction of sp³-hybridized carbons (Fsp3) is 0.364. The molecule has 0 saturated heterocycles. The maximum atomic E-state index is 11.7. The van der Waals surface area contributed by atoms with Gasteiger partial charge < -0.3 is 36.4 Å². The normalized spacial score (nSPS) is 11.3. The standard InChI is InChI=1S/C22H31N5O4/c1-17-7-5-6-10-20(17)31-16-19(28)15-23-11-12-24-21(29)25-13-14-26-22(30)27-18-8-3-2-4-9-18/h2-10,19,23,28H,11-16H2,1H3,(H2,24,25,29)(H2,26,27,30). The molecule has 9 heteroatoms. The number of para-hydroxylation sites is 2. The second kappa shape index (κ2) is 13.8. The van der Waals surface area contributed by atoms with Crippen molar-refractivity contribution in [2.24, 2.45) is 0 Å². The Kier molecular flexibility index (Phi) is 10.7. The van der Waals surface area contributed by atoms with Gasteiger partial charge >= 0.3 is 12.1 Å². The molecule has 4 amide bonds. The topological polar surface area (TPSA) is 124 Å². The number of aliphatic hydroxyl groups excluding tert-OH is 1. The van der Waals surface area contributed by atoms with E-state index in [9.17, 15) is 14.7 Å². The molecular weight excluding hydrogens is 398 g/mol. The Morgan fingerprint density at radius 1 is 0.871 bits per heavy atom. The molecule has 0 radical (unpaired) electrons. The Labute approximate surface area is 182 Å². The molecule has 0 aromatic heterocycles. The summed E-state index contributed by atoms with van der Waals surface area (Å²) in [5, 5.41) is 23.7. The Morgan fingerprint density at radius 2 is 1.48 bits per heavy atom. The third-order valence-corrected chi connectivity index (χ3v) is 4.22. The minimum absolute atomic E-state index is 0.191. The second-order valence-corrected chi connectivity index (χ2v) is 6.86. The molecule has 31 heavy (non-hydrogen) atoms. The van der Waals surface area contributed by atoms with Crippen molar-refractivity contribution in [2.75, 3.05) is 44.6 Å². The molecule has 0 aliphatic carbocycles. The largest absolute Gasteiger partial charge is 0.491 e. The van der Waals surface area contributed by atoms with Crippen molar-refractivity contribution < 1.29 is 19.4 Å². The van der Waals surface area contributed by atoms with Gasteiger partial charge in [-0.25, -0.2) is 9.59 Å². The highest BCUT2D eigenvalue weighted by Crippen LogP contribution is 2.16. The van der Waals surface area contributed by atoms with Crippen molar-refractivity contribution in [1.82, 2.24) is 21.3 Å². The Morgan fingerprint density at radius 3 is 2.19 bits per heavy atom. The Bertz CT molecular complexity index is 803. The number of ether oxygens (including phenoxy) is 1. The summed E-state index contributed by atoms with van der Waals surface area (Å²) in [4.78, 5) is 23.4. The average molecular weight is 430 g/mol. The number of amides is 4. The smallest absolute Gasteiger partial charge is 0.319 e. The lowest BCUT2D eigenvalue weighted by atomic mass is 10.2. The quantitative estimate of drug-likeness (QED) is 0.285. The van der Waals surface area contributed by atoms with Crippen LogP contribution in [0.2, 0.25) is 0 Å². The predicted molar refractivity (Wildman–Crippen MR) is 120 cm³/mol. The molecule has 1 unspecified atom stereocenters. The van der Waals surface area contributed by atoms with Gasteiger partial charge in [-0.05, 0) is 30.7 Å². The third-order valence-electron chi connectivity index (χ3n) is 4.22. The molecule has 0 saturated carbocycles. The summed E-state index contributed by atoms with van der Waals surface area (Å²) in [5.74, 6) is 0.756. The zero-order valence-corrected chi connectivity index (χ0v) is 17.7. The maximum Gasteiger partial charge on any atom is 0.319 e. The maximum absolute atomic E-state index is 11.7. The van der Waals surface area contributed by atoms with E-state index < -0.39 is 6.10 Å². The number of urea groups is 2. The number of carbonyl (C=O) groups is 2. The van der Waals surface area contributed by atoms with Gasteiger partial charge in [0.05, 0.1) is 0 Å². The summed E-state index contributed by atoms with van der Waals surface area (Å²) >= 11 is 0. The number of carbonyl (C=O) groups excluding carboxylic acids is 2. The van der Waals surface area contributed by atoms with Crippen LogP contribution in [0.5, 0.6) is 5.75 Å². The van der Waals surface area contributed by atoms with Gasteiger partial charge in [0, 0.05) is 38.4 Å². The van der Waals surface area contributed by atoms with Crippen molar-refractivity contribution in [3.05, 3.63) is 60.2 Å². The number of nitrogens with one attached hydrogen (secondary N) is 5. The van der Waals surface area contributed by atoms with Crippen LogP contribution in [0.1, 0.15) is 5.56 Å². The summed E-state index contributed by atoms with van der Waals surface area (Å²) in [7, 11) is 0. The highest BCUT2D eigenvalue weighted by atomic mass is 16.5. The number of benzene rings is 2.